The van der Waals surface area contributed by atoms with Gasteiger partial charge in [0.15, 0.2) is 10.0 Å². The second kappa shape index (κ2) is 8.07. The first-order chi connectivity index (χ1) is 11.1. The summed E-state index contributed by atoms with van der Waals surface area (Å²) in [7, 11) is 1.60. The van der Waals surface area contributed by atoms with E-state index in [1.807, 2.05) is 44.4 Å². The first-order valence-corrected chi connectivity index (χ1v) is 8.61. The molecule has 0 saturated heterocycles. The highest BCUT2D eigenvalue weighted by Crippen LogP contribution is 2.35. The van der Waals surface area contributed by atoms with Gasteiger partial charge in [-0.05, 0) is 32.2 Å². The minimum Gasteiger partial charge on any atom is -0.494 e. The summed E-state index contributed by atoms with van der Waals surface area (Å²) in [5.41, 5.74) is 1.90. The van der Waals surface area contributed by atoms with Gasteiger partial charge in [0.1, 0.15) is 11.4 Å². The topological polar surface area (TPSA) is 61.0 Å². The molecule has 0 aliphatic heterocycles. The minimum atomic E-state index is 0.485. The fraction of sp³-hybridized carbons (Fsp3) is 0.333. The van der Waals surface area contributed by atoms with E-state index < -0.39 is 0 Å². The van der Waals surface area contributed by atoms with Crippen LogP contribution in [0.1, 0.15) is 12.6 Å². The molecule has 2 rings (SSSR count). The number of thioether (sulfide) groups is 1. The molecule has 0 fully saturated rings. The molecule has 8 heteroatoms. The van der Waals surface area contributed by atoms with Crippen molar-refractivity contribution in [2.75, 3.05) is 20.0 Å². The van der Waals surface area contributed by atoms with Gasteiger partial charge in [-0.25, -0.2) is 0 Å². The number of aryl methyl sites for hydroxylation is 1. The molecular weight excluding hydrogens is 332 g/mol. The zero-order valence-corrected chi connectivity index (χ0v) is 15.1. The number of ether oxygens (including phenoxy) is 2. The largest absolute Gasteiger partial charge is 0.494 e. The van der Waals surface area contributed by atoms with Crippen LogP contribution in [0.25, 0.3) is 0 Å². The van der Waals surface area contributed by atoms with Gasteiger partial charge in [-0.15, -0.1) is 10.2 Å². The summed E-state index contributed by atoms with van der Waals surface area (Å²) in [6, 6.07) is 7.41. The average molecular weight is 350 g/mol. The standard InChI is InChI=1S/C15H18N4O2S2/c1-5-21-14-13(10(2)18-19(14)15(22)23-4)17-16-11-8-6-7-9-12(11)20-3/h6-9H,5H2,1-4H3. The van der Waals surface area contributed by atoms with Gasteiger partial charge in [-0.2, -0.15) is 9.78 Å². The smallest absolute Gasteiger partial charge is 0.246 e. The molecule has 2 aromatic rings. The second-order valence-corrected chi connectivity index (χ2v) is 5.87. The summed E-state index contributed by atoms with van der Waals surface area (Å²) in [6.45, 7) is 4.23. The Morgan fingerprint density at radius 2 is 2.09 bits per heavy atom. The van der Waals surface area contributed by atoms with E-state index in [0.29, 0.717) is 39.6 Å². The van der Waals surface area contributed by atoms with Crippen LogP contribution in [-0.4, -0.2) is 34.1 Å². The zero-order valence-electron chi connectivity index (χ0n) is 13.4. The molecule has 0 atom stereocenters. The van der Waals surface area contributed by atoms with Crippen molar-refractivity contribution in [3.63, 3.8) is 0 Å². The van der Waals surface area contributed by atoms with Gasteiger partial charge in [-0.3, -0.25) is 0 Å². The van der Waals surface area contributed by atoms with E-state index in [1.165, 1.54) is 11.8 Å². The van der Waals surface area contributed by atoms with Crippen molar-refractivity contribution in [2.45, 2.75) is 13.8 Å². The monoisotopic (exact) mass is 350 g/mol. The minimum absolute atomic E-state index is 0.485. The first-order valence-electron chi connectivity index (χ1n) is 6.97. The third-order valence-corrected chi connectivity index (χ3v) is 4.15. The molecule has 1 aromatic carbocycles. The molecule has 23 heavy (non-hydrogen) atoms. The lowest BCUT2D eigenvalue weighted by molar-refractivity contribution is 0.321. The van der Waals surface area contributed by atoms with Gasteiger partial charge < -0.3 is 9.47 Å². The van der Waals surface area contributed by atoms with Crippen molar-refractivity contribution in [1.82, 2.24) is 9.78 Å². The molecule has 1 aromatic heterocycles. The molecule has 0 bridgehead atoms. The summed E-state index contributed by atoms with van der Waals surface area (Å²) >= 11 is 6.72. The Morgan fingerprint density at radius 1 is 1.35 bits per heavy atom. The van der Waals surface area contributed by atoms with Crippen LogP contribution in [0.15, 0.2) is 34.5 Å². The SMILES string of the molecule is CCOc1c(N=Nc2ccccc2OC)c(C)nn1C(=S)SC. The summed E-state index contributed by atoms with van der Waals surface area (Å²) in [5.74, 6) is 1.15. The number of nitrogens with zero attached hydrogens (tertiary/aromatic N) is 4. The third kappa shape index (κ3) is 3.89. The van der Waals surface area contributed by atoms with E-state index in [0.717, 1.165) is 0 Å². The number of methoxy groups -OCH3 is 1. The van der Waals surface area contributed by atoms with Crippen LogP contribution in [0, 0.1) is 6.92 Å². The Balaban J connectivity index is 2.44. The van der Waals surface area contributed by atoms with E-state index in [1.54, 1.807) is 11.8 Å². The van der Waals surface area contributed by atoms with Crippen LogP contribution in [0.2, 0.25) is 0 Å². The van der Waals surface area contributed by atoms with E-state index in [2.05, 4.69) is 15.3 Å². The maximum absolute atomic E-state index is 5.67. The predicted molar refractivity (Wildman–Crippen MR) is 96.8 cm³/mol. The number of azo groups is 1. The molecular formula is C15H18N4O2S2. The third-order valence-electron chi connectivity index (χ3n) is 2.96. The van der Waals surface area contributed by atoms with Crippen molar-refractivity contribution >= 4 is 39.7 Å². The number of aromatic nitrogens is 2. The van der Waals surface area contributed by atoms with Crippen molar-refractivity contribution in [2.24, 2.45) is 10.2 Å². The number of hydrogen-bond donors (Lipinski definition) is 0. The van der Waals surface area contributed by atoms with E-state index in [9.17, 15) is 0 Å². The molecule has 0 unspecified atom stereocenters. The number of para-hydroxylation sites is 1. The molecule has 0 aliphatic carbocycles. The Morgan fingerprint density at radius 3 is 2.74 bits per heavy atom. The van der Waals surface area contributed by atoms with Crippen molar-refractivity contribution < 1.29 is 9.47 Å². The van der Waals surface area contributed by atoms with E-state index in [4.69, 9.17) is 21.7 Å². The summed E-state index contributed by atoms with van der Waals surface area (Å²) in [6.07, 6.45) is 1.89. The van der Waals surface area contributed by atoms with Crippen molar-refractivity contribution in [3.8, 4) is 11.6 Å². The fourth-order valence-corrected chi connectivity index (χ4v) is 2.33. The zero-order chi connectivity index (χ0) is 16.8. The van der Waals surface area contributed by atoms with Gasteiger partial charge >= 0.3 is 0 Å². The lowest BCUT2D eigenvalue weighted by Crippen LogP contribution is -2.09. The fourth-order valence-electron chi connectivity index (χ4n) is 1.91. The molecule has 6 nitrogen and oxygen atoms in total. The first kappa shape index (κ1) is 17.4. The summed E-state index contributed by atoms with van der Waals surface area (Å²) in [5, 5.41) is 13.0. The van der Waals surface area contributed by atoms with Gasteiger partial charge in [-0.1, -0.05) is 36.1 Å². The number of rotatable bonds is 5. The van der Waals surface area contributed by atoms with Gasteiger partial charge in [0, 0.05) is 0 Å². The van der Waals surface area contributed by atoms with Crippen LogP contribution < -0.4 is 9.47 Å². The van der Waals surface area contributed by atoms with Crippen LogP contribution in [-0.2, 0) is 0 Å². The van der Waals surface area contributed by atoms with Gasteiger partial charge in [0.05, 0.1) is 19.4 Å². The van der Waals surface area contributed by atoms with Crippen LogP contribution >= 0.6 is 24.0 Å². The van der Waals surface area contributed by atoms with Crippen molar-refractivity contribution in [3.05, 3.63) is 30.0 Å². The molecule has 122 valence electrons. The number of thiocarbonyl (C=S) groups is 1. The van der Waals surface area contributed by atoms with Gasteiger partial charge in [0.25, 0.3) is 0 Å². The highest BCUT2D eigenvalue weighted by molar-refractivity contribution is 8.22. The van der Waals surface area contributed by atoms with E-state index >= 15 is 0 Å². The Bertz CT molecular complexity index is 728. The van der Waals surface area contributed by atoms with Crippen LogP contribution in [0.5, 0.6) is 11.6 Å². The maximum Gasteiger partial charge on any atom is 0.246 e. The van der Waals surface area contributed by atoms with Gasteiger partial charge in [0.2, 0.25) is 5.88 Å². The Kier molecular flexibility index (Phi) is 6.12. The highest BCUT2D eigenvalue weighted by Gasteiger charge is 2.19. The Hall–Kier alpha value is -1.93. The lowest BCUT2D eigenvalue weighted by atomic mass is 10.3. The molecule has 0 spiro atoms. The Labute approximate surface area is 144 Å². The quantitative estimate of drug-likeness (QED) is 0.586. The molecule has 1 heterocycles. The van der Waals surface area contributed by atoms with Crippen LogP contribution in [0.4, 0.5) is 11.4 Å². The second-order valence-electron chi connectivity index (χ2n) is 4.43. The van der Waals surface area contributed by atoms with Crippen LogP contribution in [0.3, 0.4) is 0 Å². The maximum atomic E-state index is 5.67. The molecule has 0 radical (unpaired) electrons. The summed E-state index contributed by atoms with van der Waals surface area (Å²) in [4.78, 5) is 0. The number of benzene rings is 1. The van der Waals surface area contributed by atoms with E-state index in [-0.39, 0.29) is 0 Å². The molecule has 0 N–H and O–H groups in total. The summed E-state index contributed by atoms with van der Waals surface area (Å²) < 4.78 is 13.1. The average Bonchev–Trinajstić information content (AvgIpc) is 2.88. The normalized spacial score (nSPS) is 11.0. The predicted octanol–water partition coefficient (Wildman–Crippen LogP) is 4.51. The van der Waals surface area contributed by atoms with Crippen molar-refractivity contribution in [1.29, 1.82) is 0 Å². The molecule has 0 aliphatic rings. The highest BCUT2D eigenvalue weighted by atomic mass is 32.2. The molecule has 0 saturated carbocycles. The number of hydrogen-bond acceptors (Lipinski definition) is 7. The molecule has 0 amide bonds. The lowest BCUT2D eigenvalue weighted by Gasteiger charge is -2.07.